The number of carbonyl (C=O) groups excluding carboxylic acids is 1. The number of pyridine rings is 1. The second-order valence-corrected chi connectivity index (χ2v) is 5.31. The van der Waals surface area contributed by atoms with Crippen molar-refractivity contribution in [3.05, 3.63) is 23.9 Å². The second kappa shape index (κ2) is 5.90. The highest BCUT2D eigenvalue weighted by Crippen LogP contribution is 2.34. The van der Waals surface area contributed by atoms with E-state index in [0.29, 0.717) is 5.82 Å². The van der Waals surface area contributed by atoms with Gasteiger partial charge in [0.25, 0.3) is 5.91 Å². The van der Waals surface area contributed by atoms with Crippen LogP contribution in [0.2, 0.25) is 0 Å². The molecule has 1 saturated carbocycles. The minimum atomic E-state index is -0.828. The molecule has 0 bridgehead atoms. The molecule has 6 nitrogen and oxygen atoms in total. The molecule has 1 aromatic rings. The third-order valence-corrected chi connectivity index (χ3v) is 3.70. The number of carboxylic acids is 1. The Morgan fingerprint density at radius 3 is 2.60 bits per heavy atom. The number of nitrogens with one attached hydrogen (secondary N) is 1. The van der Waals surface area contributed by atoms with E-state index in [0.717, 1.165) is 32.1 Å². The lowest BCUT2D eigenvalue weighted by molar-refractivity contribution is -0.138. The molecule has 2 rings (SSSR count). The van der Waals surface area contributed by atoms with Gasteiger partial charge in [-0.2, -0.15) is 0 Å². The predicted octanol–water partition coefficient (Wildman–Crippen LogP) is 1.77. The lowest BCUT2D eigenvalue weighted by Crippen LogP contribution is -2.42. The second-order valence-electron chi connectivity index (χ2n) is 5.31. The zero-order valence-corrected chi connectivity index (χ0v) is 11.3. The molecule has 1 aromatic heterocycles. The maximum absolute atomic E-state index is 11.1. The molecule has 1 fully saturated rings. The van der Waals surface area contributed by atoms with E-state index in [9.17, 15) is 9.59 Å². The van der Waals surface area contributed by atoms with E-state index in [1.54, 1.807) is 12.1 Å². The minimum absolute atomic E-state index is 0.0511. The first-order valence-electron chi connectivity index (χ1n) is 6.78. The van der Waals surface area contributed by atoms with Crippen LogP contribution in [0, 0.1) is 0 Å². The monoisotopic (exact) mass is 277 g/mol. The largest absolute Gasteiger partial charge is 0.481 e. The normalized spacial score (nSPS) is 17.4. The molecule has 0 atom stereocenters. The highest BCUT2D eigenvalue weighted by Gasteiger charge is 2.34. The van der Waals surface area contributed by atoms with E-state index < -0.39 is 17.4 Å². The third-order valence-electron chi connectivity index (χ3n) is 3.70. The minimum Gasteiger partial charge on any atom is -0.481 e. The molecule has 20 heavy (non-hydrogen) atoms. The van der Waals surface area contributed by atoms with E-state index in [1.807, 2.05) is 0 Å². The zero-order chi connectivity index (χ0) is 14.6. The Balaban J connectivity index is 2.20. The van der Waals surface area contributed by atoms with E-state index in [1.165, 1.54) is 6.07 Å². The van der Waals surface area contributed by atoms with Crippen molar-refractivity contribution in [2.24, 2.45) is 5.73 Å². The van der Waals surface area contributed by atoms with Crippen LogP contribution in [0.3, 0.4) is 0 Å². The number of nitrogens with two attached hydrogens (primary N) is 1. The number of primary amides is 1. The van der Waals surface area contributed by atoms with Crippen LogP contribution in [-0.4, -0.2) is 27.5 Å². The molecule has 0 radical (unpaired) electrons. The van der Waals surface area contributed by atoms with Crippen LogP contribution in [0.5, 0.6) is 0 Å². The number of carbonyl (C=O) groups is 2. The Labute approximate surface area is 117 Å². The standard InChI is InChI=1S/C14H19N3O3/c15-13(20)10-5-4-6-11(16-10)17-14(9-12(18)19)7-2-1-3-8-14/h4-6H,1-3,7-9H2,(H2,15,20)(H,16,17)(H,18,19). The molecule has 0 spiro atoms. The number of carboxylic acid groups (broad SMARTS) is 1. The van der Waals surface area contributed by atoms with Crippen molar-refractivity contribution in [3.63, 3.8) is 0 Å². The van der Waals surface area contributed by atoms with Crippen LogP contribution in [0.15, 0.2) is 18.2 Å². The first-order valence-corrected chi connectivity index (χ1v) is 6.78. The van der Waals surface area contributed by atoms with Gasteiger partial charge in [0.15, 0.2) is 0 Å². The summed E-state index contributed by atoms with van der Waals surface area (Å²) in [5.41, 5.74) is 4.90. The zero-order valence-electron chi connectivity index (χ0n) is 11.3. The summed E-state index contributed by atoms with van der Waals surface area (Å²) in [6.07, 6.45) is 4.75. The Kier molecular flexibility index (Phi) is 4.22. The number of aliphatic carboxylic acids is 1. The van der Waals surface area contributed by atoms with Crippen molar-refractivity contribution in [2.45, 2.75) is 44.1 Å². The van der Waals surface area contributed by atoms with E-state index in [-0.39, 0.29) is 12.1 Å². The van der Waals surface area contributed by atoms with Crippen LogP contribution in [-0.2, 0) is 4.79 Å². The summed E-state index contributed by atoms with van der Waals surface area (Å²) >= 11 is 0. The van der Waals surface area contributed by atoms with Gasteiger partial charge in [-0.25, -0.2) is 4.98 Å². The molecule has 0 saturated heterocycles. The van der Waals surface area contributed by atoms with Gasteiger partial charge in [0, 0.05) is 5.54 Å². The van der Waals surface area contributed by atoms with Gasteiger partial charge in [-0.05, 0) is 25.0 Å². The maximum atomic E-state index is 11.1. The number of rotatable bonds is 5. The molecule has 6 heteroatoms. The summed E-state index contributed by atoms with van der Waals surface area (Å²) in [5.74, 6) is -0.917. The van der Waals surface area contributed by atoms with Crippen LogP contribution in [0.1, 0.15) is 49.0 Å². The maximum Gasteiger partial charge on any atom is 0.305 e. The van der Waals surface area contributed by atoms with Crippen molar-refractivity contribution in [2.75, 3.05) is 5.32 Å². The summed E-state index contributed by atoms with van der Waals surface area (Å²) in [7, 11) is 0. The van der Waals surface area contributed by atoms with Gasteiger partial charge in [0.2, 0.25) is 0 Å². The average molecular weight is 277 g/mol. The van der Waals surface area contributed by atoms with Crippen molar-refractivity contribution in [1.82, 2.24) is 4.98 Å². The fourth-order valence-electron chi connectivity index (χ4n) is 2.78. The Morgan fingerprint density at radius 2 is 2.00 bits per heavy atom. The van der Waals surface area contributed by atoms with Gasteiger partial charge in [-0.15, -0.1) is 0 Å². The van der Waals surface area contributed by atoms with Crippen molar-refractivity contribution >= 4 is 17.7 Å². The van der Waals surface area contributed by atoms with Crippen LogP contribution >= 0.6 is 0 Å². The molecule has 1 heterocycles. The molecule has 1 amide bonds. The van der Waals surface area contributed by atoms with Gasteiger partial charge < -0.3 is 16.2 Å². The smallest absolute Gasteiger partial charge is 0.305 e. The lowest BCUT2D eigenvalue weighted by atomic mass is 9.79. The van der Waals surface area contributed by atoms with Crippen molar-refractivity contribution in [1.29, 1.82) is 0 Å². The Hall–Kier alpha value is -2.11. The van der Waals surface area contributed by atoms with Crippen LogP contribution in [0.4, 0.5) is 5.82 Å². The molecular formula is C14H19N3O3. The summed E-state index contributed by atoms with van der Waals surface area (Å²) in [6.45, 7) is 0. The third kappa shape index (κ3) is 3.46. The highest BCUT2D eigenvalue weighted by atomic mass is 16.4. The molecular weight excluding hydrogens is 258 g/mol. The predicted molar refractivity (Wildman–Crippen MR) is 74.4 cm³/mol. The topological polar surface area (TPSA) is 105 Å². The lowest BCUT2D eigenvalue weighted by Gasteiger charge is -2.37. The van der Waals surface area contributed by atoms with Gasteiger partial charge in [-0.3, -0.25) is 9.59 Å². The average Bonchev–Trinajstić information content (AvgIpc) is 2.38. The highest BCUT2D eigenvalue weighted by molar-refractivity contribution is 5.91. The first kappa shape index (κ1) is 14.3. The summed E-state index contributed by atoms with van der Waals surface area (Å²) in [5, 5.41) is 12.3. The molecule has 4 N–H and O–H groups in total. The Bertz CT molecular complexity index is 510. The van der Waals surface area contributed by atoms with Gasteiger partial charge >= 0.3 is 5.97 Å². The quantitative estimate of drug-likeness (QED) is 0.760. The van der Waals surface area contributed by atoms with Gasteiger partial charge in [-0.1, -0.05) is 25.3 Å². The van der Waals surface area contributed by atoms with Gasteiger partial charge in [0.1, 0.15) is 11.5 Å². The van der Waals surface area contributed by atoms with Gasteiger partial charge in [0.05, 0.1) is 6.42 Å². The van der Waals surface area contributed by atoms with Crippen LogP contribution in [0.25, 0.3) is 0 Å². The van der Waals surface area contributed by atoms with Crippen LogP contribution < -0.4 is 11.1 Å². The number of nitrogens with zero attached hydrogens (tertiary/aromatic N) is 1. The fourth-order valence-corrected chi connectivity index (χ4v) is 2.78. The molecule has 0 aromatic carbocycles. The van der Waals surface area contributed by atoms with Crippen molar-refractivity contribution in [3.8, 4) is 0 Å². The van der Waals surface area contributed by atoms with Crippen molar-refractivity contribution < 1.29 is 14.7 Å². The molecule has 1 aliphatic rings. The summed E-state index contributed by atoms with van der Waals surface area (Å²) in [6, 6.07) is 4.95. The van der Waals surface area contributed by atoms with E-state index in [4.69, 9.17) is 10.8 Å². The molecule has 108 valence electrons. The SMILES string of the molecule is NC(=O)c1cccc(NC2(CC(=O)O)CCCCC2)n1. The van der Waals surface area contributed by atoms with E-state index >= 15 is 0 Å². The summed E-state index contributed by atoms with van der Waals surface area (Å²) in [4.78, 5) is 26.4. The molecule has 0 aliphatic heterocycles. The number of aromatic nitrogens is 1. The fraction of sp³-hybridized carbons (Fsp3) is 0.500. The number of hydrogen-bond donors (Lipinski definition) is 3. The first-order chi connectivity index (χ1) is 9.51. The molecule has 1 aliphatic carbocycles. The summed E-state index contributed by atoms with van der Waals surface area (Å²) < 4.78 is 0. The Morgan fingerprint density at radius 1 is 1.30 bits per heavy atom. The molecule has 0 unspecified atom stereocenters. The number of hydrogen-bond acceptors (Lipinski definition) is 4. The van der Waals surface area contributed by atoms with E-state index in [2.05, 4.69) is 10.3 Å². The number of anilines is 1. The number of amides is 1.